The largest absolute Gasteiger partial charge is 0.290 e. The number of rotatable bonds is 4. The van der Waals surface area contributed by atoms with Crippen LogP contribution >= 0.6 is 34.7 Å². The molecule has 0 unspecified atom stereocenters. The van der Waals surface area contributed by atoms with E-state index in [-0.39, 0.29) is 12.3 Å². The molecule has 1 aliphatic rings. The number of thiazole rings is 1. The van der Waals surface area contributed by atoms with Gasteiger partial charge < -0.3 is 0 Å². The molecule has 1 amide bonds. The summed E-state index contributed by atoms with van der Waals surface area (Å²) in [5.74, 6) is 0.890. The first kappa shape index (κ1) is 19.2. The van der Waals surface area contributed by atoms with Gasteiger partial charge in [0.05, 0.1) is 17.8 Å². The molecule has 0 spiro atoms. The summed E-state index contributed by atoms with van der Waals surface area (Å²) in [5, 5.41) is 4.26. The van der Waals surface area contributed by atoms with Crippen molar-refractivity contribution in [2.75, 3.05) is 12.3 Å². The molecule has 1 saturated heterocycles. The Balaban J connectivity index is 1.50. The van der Waals surface area contributed by atoms with E-state index < -0.39 is 0 Å². The van der Waals surface area contributed by atoms with E-state index in [2.05, 4.69) is 4.98 Å². The molecule has 1 aliphatic heterocycles. The maximum absolute atomic E-state index is 12.9. The highest BCUT2D eigenvalue weighted by Crippen LogP contribution is 2.28. The lowest BCUT2D eigenvalue weighted by molar-refractivity contribution is -0.126. The van der Waals surface area contributed by atoms with E-state index in [1.54, 1.807) is 16.7 Å². The number of thioether (sulfide) groups is 1. The zero-order valence-electron chi connectivity index (χ0n) is 15.3. The summed E-state index contributed by atoms with van der Waals surface area (Å²) < 4.78 is 0. The number of hydrogen-bond acceptors (Lipinski definition) is 5. The molecule has 3 aromatic rings. The number of halogens is 1. The molecule has 2 heterocycles. The summed E-state index contributed by atoms with van der Waals surface area (Å²) in [5.41, 5.74) is 3.74. The number of aromatic nitrogens is 1. The Bertz CT molecular complexity index is 1050. The van der Waals surface area contributed by atoms with Crippen molar-refractivity contribution in [3.05, 3.63) is 70.2 Å². The Hall–Kier alpha value is -2.15. The van der Waals surface area contributed by atoms with Crippen molar-refractivity contribution in [2.45, 2.75) is 13.3 Å². The van der Waals surface area contributed by atoms with E-state index in [1.165, 1.54) is 11.3 Å². The van der Waals surface area contributed by atoms with Crippen molar-refractivity contribution in [2.24, 2.45) is 4.99 Å². The maximum Gasteiger partial charge on any atom is 0.234 e. The minimum atomic E-state index is 0.0280. The molecule has 4 rings (SSSR count). The highest BCUT2D eigenvalue weighted by Gasteiger charge is 2.26. The third-order valence-corrected chi connectivity index (χ3v) is 6.50. The van der Waals surface area contributed by atoms with Gasteiger partial charge in [-0.1, -0.05) is 53.7 Å². The van der Waals surface area contributed by atoms with Gasteiger partial charge in [-0.15, -0.1) is 11.3 Å². The van der Waals surface area contributed by atoms with Gasteiger partial charge in [0.2, 0.25) is 5.91 Å². The van der Waals surface area contributed by atoms with Gasteiger partial charge in [0.15, 0.2) is 5.17 Å². The van der Waals surface area contributed by atoms with Crippen molar-refractivity contribution >= 4 is 51.5 Å². The maximum atomic E-state index is 12.9. The van der Waals surface area contributed by atoms with Crippen LogP contribution in [0.2, 0.25) is 5.02 Å². The summed E-state index contributed by atoms with van der Waals surface area (Å²) >= 11 is 9.21. The van der Waals surface area contributed by atoms with E-state index in [4.69, 9.17) is 16.6 Å². The second kappa shape index (κ2) is 8.47. The molecule has 0 saturated carbocycles. The number of para-hydroxylation sites is 1. The molecule has 1 fully saturated rings. The molecule has 7 heteroatoms. The number of aliphatic imine (C=N–C) groups is 1. The van der Waals surface area contributed by atoms with Crippen molar-refractivity contribution in [1.82, 2.24) is 9.88 Å². The van der Waals surface area contributed by atoms with E-state index in [9.17, 15) is 4.79 Å². The Kier molecular flexibility index (Phi) is 5.80. The van der Waals surface area contributed by atoms with E-state index in [0.29, 0.717) is 11.6 Å². The van der Waals surface area contributed by atoms with Crippen LogP contribution in [-0.4, -0.2) is 33.3 Å². The lowest BCUT2D eigenvalue weighted by Crippen LogP contribution is -2.33. The first-order valence-electron chi connectivity index (χ1n) is 8.88. The average Bonchev–Trinajstić information content (AvgIpc) is 3.33. The van der Waals surface area contributed by atoms with Crippen LogP contribution < -0.4 is 0 Å². The van der Waals surface area contributed by atoms with Gasteiger partial charge in [0, 0.05) is 28.3 Å². The Morgan fingerprint density at radius 2 is 2.11 bits per heavy atom. The standard InChI is InChI=1S/C21H18ClN3OS2/c1-14-5-2-3-8-18(14)24-21-25(9-10-27-21)19(26)12-17-13-28-20(23-17)15-6-4-7-16(22)11-15/h2-8,11,13H,9-10,12H2,1H3. The molecular formula is C21H18ClN3OS2. The lowest BCUT2D eigenvalue weighted by Gasteiger charge is -2.15. The van der Waals surface area contributed by atoms with Crippen LogP contribution in [0.25, 0.3) is 10.6 Å². The third-order valence-electron chi connectivity index (χ3n) is 4.37. The summed E-state index contributed by atoms with van der Waals surface area (Å²) in [7, 11) is 0. The van der Waals surface area contributed by atoms with Gasteiger partial charge in [-0.3, -0.25) is 9.69 Å². The van der Waals surface area contributed by atoms with Gasteiger partial charge in [0.25, 0.3) is 0 Å². The predicted molar refractivity (Wildman–Crippen MR) is 119 cm³/mol. The van der Waals surface area contributed by atoms with Crippen molar-refractivity contribution in [3.63, 3.8) is 0 Å². The predicted octanol–water partition coefficient (Wildman–Crippen LogP) is 5.58. The van der Waals surface area contributed by atoms with E-state index in [0.717, 1.165) is 38.4 Å². The fourth-order valence-corrected chi connectivity index (χ4v) is 4.89. The summed E-state index contributed by atoms with van der Waals surface area (Å²) in [6.07, 6.45) is 0.268. The second-order valence-electron chi connectivity index (χ2n) is 6.41. The minimum Gasteiger partial charge on any atom is -0.290 e. The van der Waals surface area contributed by atoms with Gasteiger partial charge >= 0.3 is 0 Å². The van der Waals surface area contributed by atoms with Crippen LogP contribution in [-0.2, 0) is 11.2 Å². The monoisotopic (exact) mass is 427 g/mol. The minimum absolute atomic E-state index is 0.0280. The van der Waals surface area contributed by atoms with Crippen molar-refractivity contribution in [3.8, 4) is 10.6 Å². The molecule has 142 valence electrons. The van der Waals surface area contributed by atoms with Gasteiger partial charge in [0.1, 0.15) is 5.01 Å². The second-order valence-corrected chi connectivity index (χ2v) is 8.76. The van der Waals surface area contributed by atoms with Gasteiger partial charge in [-0.05, 0) is 30.7 Å². The number of benzene rings is 2. The first-order valence-corrected chi connectivity index (χ1v) is 11.1. The van der Waals surface area contributed by atoms with Crippen LogP contribution in [0.3, 0.4) is 0 Å². The molecule has 0 atom stereocenters. The Morgan fingerprint density at radius 1 is 1.25 bits per heavy atom. The summed E-state index contributed by atoms with van der Waals surface area (Å²) in [6.45, 7) is 2.71. The lowest BCUT2D eigenvalue weighted by atomic mass is 10.2. The van der Waals surface area contributed by atoms with Crippen LogP contribution in [0, 0.1) is 6.92 Å². The fourth-order valence-electron chi connectivity index (χ4n) is 2.91. The van der Waals surface area contributed by atoms with Crippen LogP contribution in [0.15, 0.2) is 58.9 Å². The average molecular weight is 428 g/mol. The van der Waals surface area contributed by atoms with E-state index in [1.807, 2.05) is 60.8 Å². The number of amides is 1. The quantitative estimate of drug-likeness (QED) is 0.546. The first-order chi connectivity index (χ1) is 13.6. The molecule has 0 aliphatic carbocycles. The highest BCUT2D eigenvalue weighted by atomic mass is 35.5. The highest BCUT2D eigenvalue weighted by molar-refractivity contribution is 8.14. The number of carbonyl (C=O) groups excluding carboxylic acids is 1. The Labute approximate surface area is 177 Å². The molecule has 4 nitrogen and oxygen atoms in total. The van der Waals surface area contributed by atoms with Crippen LogP contribution in [0.4, 0.5) is 5.69 Å². The number of nitrogens with zero attached hydrogens (tertiary/aromatic N) is 3. The normalized spacial score (nSPS) is 15.4. The zero-order chi connectivity index (χ0) is 19.5. The molecule has 0 radical (unpaired) electrons. The number of hydrogen-bond donors (Lipinski definition) is 0. The molecular weight excluding hydrogens is 410 g/mol. The summed E-state index contributed by atoms with van der Waals surface area (Å²) in [6, 6.07) is 15.5. The Morgan fingerprint density at radius 3 is 2.93 bits per heavy atom. The van der Waals surface area contributed by atoms with Gasteiger partial charge in [-0.25, -0.2) is 9.98 Å². The topological polar surface area (TPSA) is 45.6 Å². The molecule has 2 aromatic carbocycles. The third kappa shape index (κ3) is 4.29. The number of amidine groups is 1. The molecule has 0 N–H and O–H groups in total. The molecule has 1 aromatic heterocycles. The smallest absolute Gasteiger partial charge is 0.234 e. The number of aryl methyl sites for hydroxylation is 1. The SMILES string of the molecule is Cc1ccccc1N=C1SCCN1C(=O)Cc1csc(-c2cccc(Cl)c2)n1. The van der Waals surface area contributed by atoms with Crippen molar-refractivity contribution < 1.29 is 4.79 Å². The van der Waals surface area contributed by atoms with Gasteiger partial charge in [-0.2, -0.15) is 0 Å². The van der Waals surface area contributed by atoms with E-state index >= 15 is 0 Å². The van der Waals surface area contributed by atoms with Crippen LogP contribution in [0.5, 0.6) is 0 Å². The zero-order valence-corrected chi connectivity index (χ0v) is 17.7. The molecule has 0 bridgehead atoms. The van der Waals surface area contributed by atoms with Crippen LogP contribution in [0.1, 0.15) is 11.3 Å². The molecule has 28 heavy (non-hydrogen) atoms. The number of carbonyl (C=O) groups is 1. The fraction of sp³-hybridized carbons (Fsp3) is 0.190. The summed E-state index contributed by atoms with van der Waals surface area (Å²) in [4.78, 5) is 24.0. The van der Waals surface area contributed by atoms with Crippen molar-refractivity contribution in [1.29, 1.82) is 0 Å².